The van der Waals surface area contributed by atoms with Crippen molar-refractivity contribution in [3.8, 4) is 0 Å². The van der Waals surface area contributed by atoms with Crippen LogP contribution in [-0.2, 0) is 38.1 Å². The summed E-state index contributed by atoms with van der Waals surface area (Å²) < 4.78 is 27.9. The number of hydrogen-bond acceptors (Lipinski definition) is 10. The lowest BCUT2D eigenvalue weighted by Crippen LogP contribution is -2.51. The van der Waals surface area contributed by atoms with Crippen LogP contribution in [0, 0.1) is 5.92 Å². The van der Waals surface area contributed by atoms with Crippen molar-refractivity contribution < 1.29 is 48.3 Å². The predicted molar refractivity (Wildman–Crippen MR) is 99.9 cm³/mol. The average molecular weight is 461 g/mol. The first-order valence-electron chi connectivity index (χ1n) is 10.4. The van der Waals surface area contributed by atoms with Gasteiger partial charge >= 0.3 is 11.9 Å². The van der Waals surface area contributed by atoms with Gasteiger partial charge in [-0.25, -0.2) is 9.59 Å². The largest absolute Gasteiger partial charge is 0.467 e. The number of aliphatic hydroxyl groups is 2. The molecule has 0 aromatic heterocycles. The minimum atomic E-state index is -1.91. The third-order valence-corrected chi connectivity index (χ3v) is 7.80. The van der Waals surface area contributed by atoms with E-state index in [0.717, 1.165) is 7.11 Å². The van der Waals surface area contributed by atoms with Gasteiger partial charge in [-0.15, -0.1) is 11.6 Å². The number of carbonyl (C=O) groups excluding carboxylic acids is 3. The summed E-state index contributed by atoms with van der Waals surface area (Å²) in [5.74, 6) is -4.81. The van der Waals surface area contributed by atoms with E-state index < -0.39 is 64.9 Å². The van der Waals surface area contributed by atoms with Crippen molar-refractivity contribution in [3.63, 3.8) is 0 Å². The van der Waals surface area contributed by atoms with Crippen LogP contribution in [0.2, 0.25) is 0 Å². The average Bonchev–Trinajstić information content (AvgIpc) is 3.22. The standard InChI is InChI=1S/C20H25ClO10/c1-17-5-10(22)11(29-17)7-18(26)4-9(19(8-21,31-18)15(24)27-2)3-13(23)20-14(30-20)12(6-17)28-16(20)25/h9,11-14,23,26H,3-8H2,1-2H3/t9-,11+,12+,13+,14-,17+,18+,19+,20-/m1/s1. The first-order valence-corrected chi connectivity index (χ1v) is 10.9. The zero-order valence-corrected chi connectivity index (χ0v) is 17.9. The van der Waals surface area contributed by atoms with Gasteiger partial charge in [-0.1, -0.05) is 0 Å². The summed E-state index contributed by atoms with van der Waals surface area (Å²) in [4.78, 5) is 38.0. The Morgan fingerprint density at radius 2 is 2.00 bits per heavy atom. The number of rotatable bonds is 2. The number of ether oxygens (including phenoxy) is 5. The van der Waals surface area contributed by atoms with Crippen LogP contribution in [0.1, 0.15) is 39.0 Å². The second-order valence-corrected chi connectivity index (χ2v) is 9.87. The molecule has 0 saturated carbocycles. The molecule has 5 aliphatic heterocycles. The number of hydrogen-bond donors (Lipinski definition) is 2. The molecule has 0 aromatic rings. The van der Waals surface area contributed by atoms with Crippen LogP contribution in [0.25, 0.3) is 0 Å². The monoisotopic (exact) mass is 460 g/mol. The summed E-state index contributed by atoms with van der Waals surface area (Å²) in [5, 5.41) is 22.2. The summed E-state index contributed by atoms with van der Waals surface area (Å²) in [7, 11) is 1.16. The van der Waals surface area contributed by atoms with E-state index in [-0.39, 0.29) is 43.8 Å². The molecule has 5 heterocycles. The number of halogens is 1. The fourth-order valence-electron chi connectivity index (χ4n) is 5.89. The molecule has 0 unspecified atom stereocenters. The topological polar surface area (TPSA) is 141 Å². The number of epoxide rings is 1. The molecule has 172 valence electrons. The summed E-state index contributed by atoms with van der Waals surface area (Å²) in [5.41, 5.74) is -4.26. The quantitative estimate of drug-likeness (QED) is 0.317. The van der Waals surface area contributed by atoms with E-state index in [1.807, 2.05) is 0 Å². The number of carbonyl (C=O) groups is 3. The van der Waals surface area contributed by atoms with Crippen LogP contribution < -0.4 is 0 Å². The molecule has 0 radical (unpaired) electrons. The van der Waals surface area contributed by atoms with Gasteiger partial charge in [-0.05, 0) is 13.3 Å². The number of methoxy groups -OCH3 is 1. The van der Waals surface area contributed by atoms with Crippen LogP contribution >= 0.6 is 11.6 Å². The normalized spacial score (nSPS) is 53.1. The van der Waals surface area contributed by atoms with Gasteiger partial charge in [0, 0.05) is 31.6 Å². The lowest BCUT2D eigenvalue weighted by atomic mass is 9.79. The summed E-state index contributed by atoms with van der Waals surface area (Å²) in [6, 6.07) is 0. The number of Topliss-reactive ketones (excluding diaryl/α,β-unsaturated/α-hetero) is 1. The number of alkyl halides is 1. The molecule has 2 N–H and O–H groups in total. The molecule has 0 aromatic carbocycles. The van der Waals surface area contributed by atoms with Gasteiger partial charge in [0.15, 0.2) is 17.2 Å². The summed E-state index contributed by atoms with van der Waals surface area (Å²) in [6.45, 7) is 1.73. The highest BCUT2D eigenvalue weighted by Gasteiger charge is 2.78. The van der Waals surface area contributed by atoms with Gasteiger partial charge in [-0.2, -0.15) is 0 Å². The van der Waals surface area contributed by atoms with Crippen molar-refractivity contribution in [2.24, 2.45) is 5.92 Å². The van der Waals surface area contributed by atoms with Gasteiger partial charge in [0.25, 0.3) is 0 Å². The van der Waals surface area contributed by atoms with E-state index in [0.29, 0.717) is 0 Å². The van der Waals surface area contributed by atoms with E-state index >= 15 is 0 Å². The maximum absolute atomic E-state index is 12.7. The molecule has 0 aliphatic carbocycles. The number of esters is 2. The highest BCUT2D eigenvalue weighted by molar-refractivity contribution is 6.20. The first-order chi connectivity index (χ1) is 14.5. The maximum atomic E-state index is 12.7. The molecule has 5 fully saturated rings. The van der Waals surface area contributed by atoms with Gasteiger partial charge in [0.05, 0.1) is 24.7 Å². The third kappa shape index (κ3) is 2.92. The zero-order valence-electron chi connectivity index (χ0n) is 17.2. The molecule has 11 heteroatoms. The smallest absolute Gasteiger partial charge is 0.344 e. The molecule has 5 saturated heterocycles. The molecule has 10 nitrogen and oxygen atoms in total. The van der Waals surface area contributed by atoms with E-state index in [4.69, 9.17) is 35.3 Å². The van der Waals surface area contributed by atoms with Crippen LogP contribution in [0.15, 0.2) is 0 Å². The van der Waals surface area contributed by atoms with Crippen molar-refractivity contribution >= 4 is 29.3 Å². The SMILES string of the molecule is COC(=O)[C@@]1(CCl)O[C@@]2(O)C[C@H]1C[C@H](O)[C@@]13O[C@@H]1[C@H](C[C@]1(C)CC(=O)[C@H](C2)O1)OC3=O. The summed E-state index contributed by atoms with van der Waals surface area (Å²) >= 11 is 6.14. The lowest BCUT2D eigenvalue weighted by molar-refractivity contribution is -0.241. The second-order valence-electron chi connectivity index (χ2n) is 9.60. The first kappa shape index (κ1) is 21.5. The Morgan fingerprint density at radius 3 is 2.65 bits per heavy atom. The van der Waals surface area contributed by atoms with Crippen molar-refractivity contribution in [3.05, 3.63) is 0 Å². The number of aliphatic hydroxyl groups excluding tert-OH is 1. The molecule has 9 atom stereocenters. The minimum Gasteiger partial charge on any atom is -0.467 e. The van der Waals surface area contributed by atoms with E-state index in [1.165, 1.54) is 0 Å². The number of ketones is 1. The number of fused-ring (bicyclic) bond motifs is 4. The van der Waals surface area contributed by atoms with Crippen molar-refractivity contribution in [1.82, 2.24) is 0 Å². The van der Waals surface area contributed by atoms with Crippen LogP contribution in [0.4, 0.5) is 0 Å². The molecule has 0 amide bonds. The molecule has 31 heavy (non-hydrogen) atoms. The fraction of sp³-hybridized carbons (Fsp3) is 0.850. The second kappa shape index (κ2) is 6.61. The van der Waals surface area contributed by atoms with Gasteiger partial charge < -0.3 is 33.9 Å². The summed E-state index contributed by atoms with van der Waals surface area (Å²) in [6.07, 6.45) is -3.79. The van der Waals surface area contributed by atoms with Gasteiger partial charge in [0.1, 0.15) is 18.3 Å². The maximum Gasteiger partial charge on any atom is 0.344 e. The molecule has 5 rings (SSSR count). The Kier molecular flexibility index (Phi) is 4.60. The Balaban J connectivity index is 1.56. The minimum absolute atomic E-state index is 0.0607. The Labute approximate surface area is 183 Å². The van der Waals surface area contributed by atoms with Gasteiger partial charge in [0.2, 0.25) is 5.60 Å². The highest BCUT2D eigenvalue weighted by atomic mass is 35.5. The molecular weight excluding hydrogens is 436 g/mol. The van der Waals surface area contributed by atoms with E-state index in [9.17, 15) is 24.6 Å². The molecule has 0 spiro atoms. The van der Waals surface area contributed by atoms with Crippen LogP contribution in [-0.4, -0.2) is 87.9 Å². The highest BCUT2D eigenvalue weighted by Crippen LogP contribution is 2.56. The van der Waals surface area contributed by atoms with Crippen molar-refractivity contribution in [2.45, 2.75) is 86.0 Å². The van der Waals surface area contributed by atoms with E-state index in [1.54, 1.807) is 6.92 Å². The van der Waals surface area contributed by atoms with Crippen molar-refractivity contribution in [1.29, 1.82) is 0 Å². The zero-order chi connectivity index (χ0) is 22.4. The Hall–Kier alpha value is -1.30. The fourth-order valence-corrected chi connectivity index (χ4v) is 6.27. The Morgan fingerprint density at radius 1 is 1.26 bits per heavy atom. The predicted octanol–water partition coefficient (Wildman–Crippen LogP) is -0.413. The Bertz CT molecular complexity index is 850. The van der Waals surface area contributed by atoms with Crippen LogP contribution in [0.5, 0.6) is 0 Å². The molecule has 5 aliphatic rings. The van der Waals surface area contributed by atoms with Crippen molar-refractivity contribution in [2.75, 3.05) is 13.0 Å². The molecule has 6 bridgehead atoms. The van der Waals surface area contributed by atoms with Crippen LogP contribution in [0.3, 0.4) is 0 Å². The third-order valence-electron chi connectivity index (χ3n) is 7.40. The van der Waals surface area contributed by atoms with Gasteiger partial charge in [-0.3, -0.25) is 4.79 Å². The molecular formula is C20H25ClO10. The lowest BCUT2D eigenvalue weighted by Gasteiger charge is -2.32. The van der Waals surface area contributed by atoms with E-state index in [2.05, 4.69) is 0 Å².